The summed E-state index contributed by atoms with van der Waals surface area (Å²) >= 11 is 11.9. The van der Waals surface area contributed by atoms with Crippen molar-refractivity contribution in [3.63, 3.8) is 0 Å². The van der Waals surface area contributed by atoms with Crippen molar-refractivity contribution in [1.29, 1.82) is 0 Å². The SMILES string of the molecule is O=c1[nH]c(N(Cl)Cc2ccccc2)nc2nc(Cl)[nH]c12. The third-order valence-electron chi connectivity index (χ3n) is 2.71. The predicted octanol–water partition coefficient (Wildman–Crippen LogP) is 2.46. The van der Waals surface area contributed by atoms with Crippen molar-refractivity contribution >= 4 is 40.5 Å². The van der Waals surface area contributed by atoms with Gasteiger partial charge >= 0.3 is 0 Å². The van der Waals surface area contributed by atoms with Crippen LogP contribution in [0.3, 0.4) is 0 Å². The summed E-state index contributed by atoms with van der Waals surface area (Å²) in [6, 6.07) is 9.59. The number of halogens is 2. The van der Waals surface area contributed by atoms with E-state index >= 15 is 0 Å². The number of aromatic amines is 2. The smallest absolute Gasteiger partial charge is 0.278 e. The number of hydrogen-bond donors (Lipinski definition) is 2. The Hall–Kier alpha value is -2.05. The van der Waals surface area contributed by atoms with Crippen LogP contribution in [0, 0.1) is 0 Å². The molecule has 0 fully saturated rings. The van der Waals surface area contributed by atoms with Crippen molar-refractivity contribution in [2.75, 3.05) is 4.42 Å². The van der Waals surface area contributed by atoms with Gasteiger partial charge in [0.15, 0.2) is 11.2 Å². The number of benzene rings is 1. The molecule has 0 unspecified atom stereocenters. The molecule has 2 N–H and O–H groups in total. The first-order valence-corrected chi connectivity index (χ1v) is 6.48. The lowest BCUT2D eigenvalue weighted by atomic mass is 10.2. The summed E-state index contributed by atoms with van der Waals surface area (Å²) in [6.45, 7) is 0.398. The van der Waals surface area contributed by atoms with Gasteiger partial charge in [-0.2, -0.15) is 9.97 Å². The minimum Gasteiger partial charge on any atom is -0.323 e. The minimum absolute atomic E-state index is 0.110. The largest absolute Gasteiger partial charge is 0.323 e. The second kappa shape index (κ2) is 5.15. The predicted molar refractivity (Wildman–Crippen MR) is 78.0 cm³/mol. The van der Waals surface area contributed by atoms with Crippen molar-refractivity contribution < 1.29 is 0 Å². The Bertz CT molecular complexity index is 798. The standard InChI is InChI=1S/C12H9Cl2N5O/c13-11-15-8-9(16-11)17-12(18-10(8)20)19(14)6-7-4-2-1-3-5-7/h1-5H,6H2,(H2,15,16,17,18,20). The summed E-state index contributed by atoms with van der Waals surface area (Å²) in [5.74, 6) is 0.219. The second-order valence-corrected chi connectivity index (χ2v) is 4.89. The van der Waals surface area contributed by atoms with E-state index in [1.165, 1.54) is 4.42 Å². The lowest BCUT2D eigenvalue weighted by molar-refractivity contribution is 0.967. The van der Waals surface area contributed by atoms with Crippen molar-refractivity contribution in [1.82, 2.24) is 19.9 Å². The molecule has 0 saturated heterocycles. The number of anilines is 1. The number of H-pyrrole nitrogens is 2. The molecule has 0 aliphatic carbocycles. The van der Waals surface area contributed by atoms with Crippen LogP contribution in [0.25, 0.3) is 11.2 Å². The number of aromatic nitrogens is 4. The fraction of sp³-hybridized carbons (Fsp3) is 0.0833. The average molecular weight is 310 g/mol. The molecule has 8 heteroatoms. The van der Waals surface area contributed by atoms with Crippen LogP contribution < -0.4 is 9.98 Å². The van der Waals surface area contributed by atoms with Gasteiger partial charge in [0, 0.05) is 11.8 Å². The molecule has 0 saturated carbocycles. The monoisotopic (exact) mass is 309 g/mol. The molecule has 0 amide bonds. The quantitative estimate of drug-likeness (QED) is 0.575. The molecule has 102 valence electrons. The molecule has 0 radical (unpaired) electrons. The van der Waals surface area contributed by atoms with Crippen LogP contribution in [0.2, 0.25) is 5.28 Å². The van der Waals surface area contributed by atoms with Crippen LogP contribution in [-0.4, -0.2) is 19.9 Å². The Kier molecular flexibility index (Phi) is 3.33. The van der Waals surface area contributed by atoms with Crippen LogP contribution in [0.15, 0.2) is 35.1 Å². The molecule has 0 spiro atoms. The number of nitrogens with one attached hydrogen (secondary N) is 2. The van der Waals surface area contributed by atoms with Crippen molar-refractivity contribution in [3.8, 4) is 0 Å². The van der Waals surface area contributed by atoms with Gasteiger partial charge in [-0.25, -0.2) is 4.42 Å². The van der Waals surface area contributed by atoms with Gasteiger partial charge in [-0.3, -0.25) is 9.78 Å². The molecule has 0 aliphatic rings. The summed E-state index contributed by atoms with van der Waals surface area (Å²) < 4.78 is 1.32. The summed E-state index contributed by atoms with van der Waals surface area (Å²) in [5.41, 5.74) is 1.07. The fourth-order valence-corrected chi connectivity index (χ4v) is 2.19. The van der Waals surface area contributed by atoms with Gasteiger partial charge in [-0.05, 0) is 17.2 Å². The van der Waals surface area contributed by atoms with E-state index in [2.05, 4.69) is 19.9 Å². The number of fused-ring (bicyclic) bond motifs is 1. The van der Waals surface area contributed by atoms with Gasteiger partial charge in [-0.1, -0.05) is 30.3 Å². The molecule has 6 nitrogen and oxygen atoms in total. The summed E-state index contributed by atoms with van der Waals surface area (Å²) in [7, 11) is 0. The van der Waals surface area contributed by atoms with E-state index in [1.807, 2.05) is 30.3 Å². The van der Waals surface area contributed by atoms with Crippen molar-refractivity contribution in [2.24, 2.45) is 0 Å². The molecule has 0 aliphatic heterocycles. The Morgan fingerprint density at radius 2 is 1.90 bits per heavy atom. The third kappa shape index (κ3) is 2.48. The van der Waals surface area contributed by atoms with E-state index in [0.29, 0.717) is 6.54 Å². The van der Waals surface area contributed by atoms with Gasteiger partial charge in [0.1, 0.15) is 0 Å². The first-order valence-electron chi connectivity index (χ1n) is 5.76. The highest BCUT2D eigenvalue weighted by Crippen LogP contribution is 2.16. The normalized spacial score (nSPS) is 10.9. The molecule has 0 atom stereocenters. The van der Waals surface area contributed by atoms with Gasteiger partial charge in [0.2, 0.25) is 11.2 Å². The Morgan fingerprint density at radius 3 is 2.65 bits per heavy atom. The Balaban J connectivity index is 1.95. The molecule has 0 bridgehead atoms. The average Bonchev–Trinajstić information content (AvgIpc) is 2.81. The Morgan fingerprint density at radius 1 is 1.15 bits per heavy atom. The van der Waals surface area contributed by atoms with Gasteiger partial charge in [0.25, 0.3) is 5.56 Å². The molecule has 2 aromatic heterocycles. The van der Waals surface area contributed by atoms with E-state index in [0.717, 1.165) is 5.56 Å². The highest BCUT2D eigenvalue weighted by atomic mass is 35.5. The maximum atomic E-state index is 11.9. The second-order valence-electron chi connectivity index (χ2n) is 4.12. The van der Waals surface area contributed by atoms with Crippen LogP contribution in [-0.2, 0) is 6.54 Å². The van der Waals surface area contributed by atoms with Gasteiger partial charge < -0.3 is 4.98 Å². The van der Waals surface area contributed by atoms with Crippen LogP contribution >= 0.6 is 23.4 Å². The maximum absolute atomic E-state index is 11.9. The molecule has 2 heterocycles. The maximum Gasteiger partial charge on any atom is 0.278 e. The van der Waals surface area contributed by atoms with Crippen LogP contribution in [0.1, 0.15) is 5.56 Å². The number of nitrogens with zero attached hydrogens (tertiary/aromatic N) is 3. The molecule has 3 rings (SSSR count). The highest BCUT2D eigenvalue weighted by molar-refractivity contribution is 6.29. The molecule has 20 heavy (non-hydrogen) atoms. The third-order valence-corrected chi connectivity index (χ3v) is 3.17. The fourth-order valence-electron chi connectivity index (χ4n) is 1.80. The highest BCUT2D eigenvalue weighted by Gasteiger charge is 2.12. The van der Waals surface area contributed by atoms with Crippen molar-refractivity contribution in [3.05, 3.63) is 51.5 Å². The summed E-state index contributed by atoms with van der Waals surface area (Å²) in [5, 5.41) is 0.110. The molecule has 3 aromatic rings. The van der Waals surface area contributed by atoms with E-state index in [4.69, 9.17) is 23.4 Å². The van der Waals surface area contributed by atoms with E-state index in [-0.39, 0.29) is 28.0 Å². The van der Waals surface area contributed by atoms with Crippen LogP contribution in [0.4, 0.5) is 5.95 Å². The zero-order valence-electron chi connectivity index (χ0n) is 10.1. The van der Waals surface area contributed by atoms with E-state index < -0.39 is 0 Å². The summed E-state index contributed by atoms with van der Waals surface area (Å²) in [6.07, 6.45) is 0. The summed E-state index contributed by atoms with van der Waals surface area (Å²) in [4.78, 5) is 25.2. The number of hydrogen-bond acceptors (Lipinski definition) is 4. The molecular formula is C12H9Cl2N5O. The zero-order valence-corrected chi connectivity index (χ0v) is 11.6. The lowest BCUT2D eigenvalue weighted by Gasteiger charge is -2.13. The van der Waals surface area contributed by atoms with Gasteiger partial charge in [-0.15, -0.1) is 0 Å². The minimum atomic E-state index is -0.372. The lowest BCUT2D eigenvalue weighted by Crippen LogP contribution is -2.18. The van der Waals surface area contributed by atoms with Crippen molar-refractivity contribution in [2.45, 2.75) is 6.54 Å². The van der Waals surface area contributed by atoms with E-state index in [1.54, 1.807) is 0 Å². The number of imidazole rings is 1. The topological polar surface area (TPSA) is 77.7 Å². The Labute approximate surface area is 123 Å². The first kappa shape index (κ1) is 13.0. The van der Waals surface area contributed by atoms with Gasteiger partial charge in [0.05, 0.1) is 6.54 Å². The first-order chi connectivity index (χ1) is 9.63. The zero-order chi connectivity index (χ0) is 14.1. The van der Waals surface area contributed by atoms with E-state index in [9.17, 15) is 4.79 Å². The molecular weight excluding hydrogens is 301 g/mol. The van der Waals surface area contributed by atoms with Crippen LogP contribution in [0.5, 0.6) is 0 Å². The molecule has 1 aromatic carbocycles. The number of rotatable bonds is 3.